The minimum Gasteiger partial charge on any atom is -0.106 e. The van der Waals surface area contributed by atoms with Crippen LogP contribution in [0, 0.1) is 17.3 Å². The third-order valence-electron chi connectivity index (χ3n) is 3.62. The Balaban J connectivity index is -0.000000280. The van der Waals surface area contributed by atoms with Crippen molar-refractivity contribution in [2.24, 2.45) is 17.3 Å². The van der Waals surface area contributed by atoms with E-state index in [4.69, 9.17) is 0 Å². The van der Waals surface area contributed by atoms with E-state index in [1.807, 2.05) is 0 Å². The molecule has 2 rings (SSSR count). The Kier molecular flexibility index (Phi) is 19.2. The topological polar surface area (TPSA) is 0 Å². The van der Waals surface area contributed by atoms with Gasteiger partial charge in [-0.1, -0.05) is 86.5 Å². The van der Waals surface area contributed by atoms with Crippen LogP contribution in [-0.2, 0) is 0 Å². The molecule has 0 aliphatic heterocycles. The Labute approximate surface area is 137 Å². The summed E-state index contributed by atoms with van der Waals surface area (Å²) >= 11 is 0. The molecule has 0 radical (unpaired) electrons. The first kappa shape index (κ1) is 25.4. The van der Waals surface area contributed by atoms with Crippen molar-refractivity contribution in [3.63, 3.8) is 0 Å². The van der Waals surface area contributed by atoms with Crippen LogP contribution in [-0.4, -0.2) is 0 Å². The standard InChI is InChI=1S/C11H20.C5H12.2C2H4.CH4/c1-2-6-10(5-1)9-11-7-3-4-8-11;1-5(2,3)4;2*1-2;/h10-11H,1-9H2;1-4H3;2*1-2H2;1H4. The molecule has 0 aromatic rings. The smallest absolute Gasteiger partial charge is 0.0411 e. The molecule has 0 bridgehead atoms. The van der Waals surface area contributed by atoms with Crippen molar-refractivity contribution in [3.8, 4) is 0 Å². The van der Waals surface area contributed by atoms with Crippen LogP contribution in [0.2, 0.25) is 0 Å². The SMILES string of the molecule is C.C1CCC(CC2CCCC2)C1.C=C.C=C.CC(C)(C)C. The predicted octanol–water partition coefficient (Wildman–Crippen LogP) is 8.05. The minimum absolute atomic E-state index is 0. The molecule has 128 valence electrons. The van der Waals surface area contributed by atoms with E-state index in [2.05, 4.69) is 54.0 Å². The van der Waals surface area contributed by atoms with Gasteiger partial charge in [-0.3, -0.25) is 0 Å². The second-order valence-electron chi connectivity index (χ2n) is 7.54. The summed E-state index contributed by atoms with van der Waals surface area (Å²) in [5, 5.41) is 0. The van der Waals surface area contributed by atoms with E-state index >= 15 is 0 Å². The van der Waals surface area contributed by atoms with Crippen LogP contribution in [0.25, 0.3) is 0 Å². The van der Waals surface area contributed by atoms with Crippen molar-refractivity contribution in [2.45, 2.75) is 92.9 Å². The van der Waals surface area contributed by atoms with Gasteiger partial charge in [-0.05, 0) is 23.7 Å². The van der Waals surface area contributed by atoms with Gasteiger partial charge in [0.1, 0.15) is 0 Å². The average Bonchev–Trinajstić information content (AvgIpc) is 3.06. The van der Waals surface area contributed by atoms with Gasteiger partial charge in [0.15, 0.2) is 0 Å². The van der Waals surface area contributed by atoms with Gasteiger partial charge >= 0.3 is 0 Å². The Morgan fingerprint density at radius 2 is 0.857 bits per heavy atom. The number of rotatable bonds is 2. The van der Waals surface area contributed by atoms with Crippen LogP contribution >= 0.6 is 0 Å². The summed E-state index contributed by atoms with van der Waals surface area (Å²) in [7, 11) is 0. The van der Waals surface area contributed by atoms with Crippen LogP contribution in [0.4, 0.5) is 0 Å². The molecule has 0 spiro atoms. The van der Waals surface area contributed by atoms with Gasteiger partial charge in [0.2, 0.25) is 0 Å². The first-order chi connectivity index (χ1) is 9.45. The highest BCUT2D eigenvalue weighted by atomic mass is 14.3. The fourth-order valence-electron chi connectivity index (χ4n) is 2.96. The maximum atomic E-state index is 3.00. The first-order valence-corrected chi connectivity index (χ1v) is 8.45. The van der Waals surface area contributed by atoms with Crippen molar-refractivity contribution in [2.75, 3.05) is 0 Å². The third-order valence-corrected chi connectivity index (χ3v) is 3.62. The summed E-state index contributed by atoms with van der Waals surface area (Å²) in [6.07, 6.45) is 13.9. The van der Waals surface area contributed by atoms with E-state index in [9.17, 15) is 0 Å². The molecule has 2 aliphatic rings. The maximum Gasteiger partial charge on any atom is -0.0411 e. The van der Waals surface area contributed by atoms with Crippen LogP contribution < -0.4 is 0 Å². The molecule has 0 N–H and O–H groups in total. The highest BCUT2D eigenvalue weighted by molar-refractivity contribution is 4.74. The molecule has 21 heavy (non-hydrogen) atoms. The molecule has 0 heterocycles. The summed E-state index contributed by atoms with van der Waals surface area (Å²) in [5.74, 6) is 2.27. The molecule has 0 saturated heterocycles. The number of hydrogen-bond donors (Lipinski definition) is 0. The fraction of sp³-hybridized carbons (Fsp3) is 0.810. The monoisotopic (exact) mass is 296 g/mol. The molecule has 0 nitrogen and oxygen atoms in total. The van der Waals surface area contributed by atoms with Crippen molar-refractivity contribution in [1.82, 2.24) is 0 Å². The molecule has 0 atom stereocenters. The van der Waals surface area contributed by atoms with E-state index in [1.165, 1.54) is 25.7 Å². The van der Waals surface area contributed by atoms with Crippen molar-refractivity contribution in [3.05, 3.63) is 26.3 Å². The van der Waals surface area contributed by atoms with E-state index in [-0.39, 0.29) is 7.43 Å². The number of hydrogen-bond acceptors (Lipinski definition) is 0. The molecule has 0 heteroatoms. The molecule has 2 aliphatic carbocycles. The van der Waals surface area contributed by atoms with Gasteiger partial charge in [-0.15, -0.1) is 26.3 Å². The second-order valence-corrected chi connectivity index (χ2v) is 7.54. The molecular formula is C21H44. The highest BCUT2D eigenvalue weighted by Crippen LogP contribution is 2.36. The van der Waals surface area contributed by atoms with Gasteiger partial charge < -0.3 is 0 Å². The molecule has 0 aromatic carbocycles. The lowest BCUT2D eigenvalue weighted by Gasteiger charge is -2.13. The molecule has 2 fully saturated rings. The van der Waals surface area contributed by atoms with Crippen LogP contribution in [0.3, 0.4) is 0 Å². The minimum atomic E-state index is 0. The van der Waals surface area contributed by atoms with E-state index in [0.29, 0.717) is 5.41 Å². The molecular weight excluding hydrogens is 252 g/mol. The van der Waals surface area contributed by atoms with Gasteiger partial charge in [0.25, 0.3) is 0 Å². The van der Waals surface area contributed by atoms with Crippen molar-refractivity contribution >= 4 is 0 Å². The quantitative estimate of drug-likeness (QED) is 0.452. The summed E-state index contributed by atoms with van der Waals surface area (Å²) in [5.41, 5.74) is 0.500. The zero-order valence-corrected chi connectivity index (χ0v) is 14.8. The third kappa shape index (κ3) is 19.5. The van der Waals surface area contributed by atoms with Gasteiger partial charge in [0, 0.05) is 0 Å². The van der Waals surface area contributed by atoms with Gasteiger partial charge in [-0.2, -0.15) is 0 Å². The Morgan fingerprint density at radius 1 is 0.667 bits per heavy atom. The summed E-state index contributed by atoms with van der Waals surface area (Å²) in [6, 6.07) is 0. The van der Waals surface area contributed by atoms with Crippen molar-refractivity contribution in [1.29, 1.82) is 0 Å². The van der Waals surface area contributed by atoms with E-state index in [0.717, 1.165) is 11.8 Å². The highest BCUT2D eigenvalue weighted by Gasteiger charge is 2.22. The lowest BCUT2D eigenvalue weighted by molar-refractivity contribution is 0.382. The first-order valence-electron chi connectivity index (χ1n) is 8.45. The normalized spacial score (nSPS) is 18.1. The largest absolute Gasteiger partial charge is 0.106 e. The molecule has 0 amide bonds. The van der Waals surface area contributed by atoms with Crippen LogP contribution in [0.5, 0.6) is 0 Å². The van der Waals surface area contributed by atoms with Crippen LogP contribution in [0.1, 0.15) is 92.9 Å². The van der Waals surface area contributed by atoms with Crippen LogP contribution in [0.15, 0.2) is 26.3 Å². The van der Waals surface area contributed by atoms with Gasteiger partial charge in [0.05, 0.1) is 0 Å². The zero-order valence-electron chi connectivity index (χ0n) is 14.8. The Bertz CT molecular complexity index is 165. The fourth-order valence-corrected chi connectivity index (χ4v) is 2.96. The molecule has 0 unspecified atom stereocenters. The second kappa shape index (κ2) is 15.9. The molecule has 0 aromatic heterocycles. The Morgan fingerprint density at radius 3 is 1.05 bits per heavy atom. The average molecular weight is 297 g/mol. The molecule has 2 saturated carbocycles. The predicted molar refractivity (Wildman–Crippen MR) is 103 cm³/mol. The van der Waals surface area contributed by atoms with E-state index in [1.54, 1.807) is 32.1 Å². The van der Waals surface area contributed by atoms with Gasteiger partial charge in [-0.25, -0.2) is 0 Å². The van der Waals surface area contributed by atoms with Crippen molar-refractivity contribution < 1.29 is 0 Å². The maximum absolute atomic E-state index is 3.00. The zero-order chi connectivity index (χ0) is 16.0. The lowest BCUT2D eigenvalue weighted by Crippen LogP contribution is -2.01. The lowest BCUT2D eigenvalue weighted by atomic mass is 9.92. The summed E-state index contributed by atoms with van der Waals surface area (Å²) in [6.45, 7) is 20.8. The summed E-state index contributed by atoms with van der Waals surface area (Å²) < 4.78 is 0. The Hall–Kier alpha value is -0.520. The summed E-state index contributed by atoms with van der Waals surface area (Å²) in [4.78, 5) is 0. The van der Waals surface area contributed by atoms with E-state index < -0.39 is 0 Å².